The molecule has 11 nitrogen and oxygen atoms in total. The largest absolute Gasteiger partial charge is 0.454 e. The Morgan fingerprint density at radius 3 is 1.30 bits per heavy atom. The minimum atomic E-state index is -1.64. The average Bonchev–Trinajstić information content (AvgIpc) is 3.58. The van der Waals surface area contributed by atoms with Crippen LogP contribution in [0.25, 0.3) is 0 Å². The number of aliphatic hydroxyl groups excluding tert-OH is 5. The maximum absolute atomic E-state index is 13.5. The number of amides is 1. The van der Waals surface area contributed by atoms with Crippen LogP contribution in [-0.4, -0.2) is 99.6 Å². The third-order valence-electron chi connectivity index (χ3n) is 14.5. The quantitative estimate of drug-likeness (QED) is 0.0195. The van der Waals surface area contributed by atoms with Crippen molar-refractivity contribution < 1.29 is 49.3 Å². The summed E-state index contributed by atoms with van der Waals surface area (Å²) >= 11 is 0. The van der Waals surface area contributed by atoms with Gasteiger partial charge in [-0.25, -0.2) is 0 Å². The monoisotopic (exact) mass is 1160 g/mol. The van der Waals surface area contributed by atoms with Gasteiger partial charge in [-0.3, -0.25) is 9.59 Å². The molecule has 8 atom stereocenters. The summed E-state index contributed by atoms with van der Waals surface area (Å²) in [6, 6.07) is -1.05. The van der Waals surface area contributed by atoms with E-state index < -0.39 is 67.4 Å². The van der Waals surface area contributed by atoms with Crippen LogP contribution < -0.4 is 5.32 Å². The number of ether oxygens (including phenoxy) is 3. The van der Waals surface area contributed by atoms with Crippen molar-refractivity contribution >= 4 is 11.9 Å². The molecule has 0 aromatic heterocycles. The third kappa shape index (κ3) is 45.8. The molecule has 1 heterocycles. The zero-order valence-electron chi connectivity index (χ0n) is 52.3. The predicted molar refractivity (Wildman–Crippen MR) is 347 cm³/mol. The van der Waals surface area contributed by atoms with Crippen LogP contribution in [0.15, 0.2) is 134 Å². The smallest absolute Gasteiger partial charge is 0.306 e. The number of unbranched alkanes of at least 4 members (excludes halogenated alkanes) is 20. The first-order valence-corrected chi connectivity index (χ1v) is 33.0. The Bertz CT molecular complexity index is 1860. The lowest BCUT2D eigenvalue weighted by Crippen LogP contribution is -2.61. The van der Waals surface area contributed by atoms with Gasteiger partial charge in [-0.15, -0.1) is 0 Å². The fourth-order valence-corrected chi connectivity index (χ4v) is 9.41. The predicted octanol–water partition coefficient (Wildman–Crippen LogP) is 16.4. The van der Waals surface area contributed by atoms with Gasteiger partial charge in [0.1, 0.15) is 24.4 Å². The lowest BCUT2D eigenvalue weighted by atomic mass is 9.99. The summed E-state index contributed by atoms with van der Waals surface area (Å²) in [7, 11) is 0. The van der Waals surface area contributed by atoms with Gasteiger partial charge in [-0.2, -0.15) is 0 Å². The van der Waals surface area contributed by atoms with Gasteiger partial charge in [0.25, 0.3) is 0 Å². The van der Waals surface area contributed by atoms with Crippen molar-refractivity contribution in [2.75, 3.05) is 13.2 Å². The molecule has 1 aliphatic heterocycles. The van der Waals surface area contributed by atoms with E-state index in [1.165, 1.54) is 51.4 Å². The number of carbonyl (C=O) groups is 2. The standard InChI is InChI=1S/C72H119NO10/c1-4-7-10-13-16-19-22-25-27-29-31-33-35-37-39-42-45-48-51-54-57-60-67(77)83-70-69(79)68(78)66(61-74)82-72(70)81-62-63(64(75)58-55-52-49-46-43-40-24-21-18-15-12-9-6-3)73-71(80)65(76)59-56-53-50-47-44-41-38-36-34-32-30-28-26-23-20-17-14-11-8-5-2/h7-8,10-11,16-17,19-20,25-28,31-34,37-39,41,55,58,63-66,68-70,72,74-76,78-79H,4-6,9,12-15,18,21-24,29-30,35-36,40,42-54,56-57,59-62H2,1-3H3,(H,73,80)/b10-7-,11-8-,19-16-,20-17-,27-25-,28-26-,33-31-,34-32-,39-37-,41-38-,58-55+. The topological polar surface area (TPSA) is 175 Å². The Labute approximate surface area is 505 Å². The Morgan fingerprint density at radius 2 is 0.867 bits per heavy atom. The van der Waals surface area contributed by atoms with Crippen molar-refractivity contribution in [1.82, 2.24) is 5.32 Å². The maximum Gasteiger partial charge on any atom is 0.306 e. The highest BCUT2D eigenvalue weighted by Gasteiger charge is 2.47. The fraction of sp³-hybridized carbons (Fsp3) is 0.667. The van der Waals surface area contributed by atoms with Gasteiger partial charge in [0, 0.05) is 6.42 Å². The second-order valence-corrected chi connectivity index (χ2v) is 22.1. The molecule has 83 heavy (non-hydrogen) atoms. The van der Waals surface area contributed by atoms with Gasteiger partial charge in [-0.05, 0) is 116 Å². The molecule has 1 aliphatic rings. The highest BCUT2D eigenvalue weighted by atomic mass is 16.7. The molecule has 11 heteroatoms. The van der Waals surface area contributed by atoms with Gasteiger partial charge in [0.05, 0.1) is 25.4 Å². The molecule has 0 spiro atoms. The number of rotatable bonds is 54. The first kappa shape index (κ1) is 76.8. The van der Waals surface area contributed by atoms with Crippen LogP contribution in [0.2, 0.25) is 0 Å². The first-order valence-electron chi connectivity index (χ1n) is 33.0. The highest BCUT2D eigenvalue weighted by molar-refractivity contribution is 5.80. The van der Waals surface area contributed by atoms with E-state index in [-0.39, 0.29) is 19.4 Å². The van der Waals surface area contributed by atoms with Crippen LogP contribution in [0.4, 0.5) is 0 Å². The van der Waals surface area contributed by atoms with Crippen molar-refractivity contribution in [1.29, 1.82) is 0 Å². The summed E-state index contributed by atoms with van der Waals surface area (Å²) < 4.78 is 17.6. The molecule has 0 bridgehead atoms. The van der Waals surface area contributed by atoms with Crippen LogP contribution >= 0.6 is 0 Å². The van der Waals surface area contributed by atoms with Gasteiger partial charge in [-0.1, -0.05) is 257 Å². The van der Waals surface area contributed by atoms with E-state index in [4.69, 9.17) is 14.2 Å². The normalized spacial score (nSPS) is 19.4. The fourth-order valence-electron chi connectivity index (χ4n) is 9.41. The Kier molecular flexibility index (Phi) is 53.9. The molecule has 1 rings (SSSR count). The molecule has 1 amide bonds. The minimum Gasteiger partial charge on any atom is -0.454 e. The van der Waals surface area contributed by atoms with E-state index >= 15 is 0 Å². The van der Waals surface area contributed by atoms with Gasteiger partial charge >= 0.3 is 5.97 Å². The Hall–Kier alpha value is -4.20. The first-order chi connectivity index (χ1) is 40.7. The second-order valence-electron chi connectivity index (χ2n) is 22.1. The van der Waals surface area contributed by atoms with E-state index in [1.54, 1.807) is 6.08 Å². The van der Waals surface area contributed by atoms with Crippen molar-refractivity contribution in [3.63, 3.8) is 0 Å². The molecule has 0 aliphatic carbocycles. The van der Waals surface area contributed by atoms with Crippen LogP contribution in [0, 0.1) is 0 Å². The number of hydrogen-bond acceptors (Lipinski definition) is 10. The van der Waals surface area contributed by atoms with E-state index in [2.05, 4.69) is 148 Å². The second kappa shape index (κ2) is 58.2. The number of esters is 1. The number of carbonyl (C=O) groups excluding carboxylic acids is 2. The van der Waals surface area contributed by atoms with E-state index in [0.29, 0.717) is 12.8 Å². The van der Waals surface area contributed by atoms with Gasteiger partial charge in [0.15, 0.2) is 12.4 Å². The van der Waals surface area contributed by atoms with E-state index in [0.717, 1.165) is 148 Å². The molecule has 1 saturated heterocycles. The molecule has 0 saturated carbocycles. The molecular formula is C72H119NO10. The number of hydrogen-bond donors (Lipinski definition) is 6. The minimum absolute atomic E-state index is 0.0910. The zero-order valence-corrected chi connectivity index (χ0v) is 52.3. The summed E-state index contributed by atoms with van der Waals surface area (Å²) in [6.45, 7) is 5.54. The van der Waals surface area contributed by atoms with Crippen molar-refractivity contribution in [2.24, 2.45) is 0 Å². The lowest BCUT2D eigenvalue weighted by molar-refractivity contribution is -0.305. The lowest BCUT2D eigenvalue weighted by Gasteiger charge is -2.41. The average molecular weight is 1160 g/mol. The third-order valence-corrected chi connectivity index (χ3v) is 14.5. The molecule has 0 aromatic rings. The number of allylic oxidation sites excluding steroid dienone is 21. The molecule has 1 fully saturated rings. The van der Waals surface area contributed by atoms with Gasteiger partial charge < -0.3 is 45.1 Å². The maximum atomic E-state index is 13.5. The molecule has 0 aromatic carbocycles. The SMILES string of the molecule is CC/C=C\C/C=C\C/C=C\C/C=C\C/C=C\CCCCCCCC(=O)OC1C(OCC(NC(=O)C(O)CCCCCC/C=C\C/C=C\C/C=C\C/C=C\C/C=C\CC)C(O)/C=C/CCCCCCCCCCCCC)OC(CO)C(O)C1O. The zero-order chi connectivity index (χ0) is 60.3. The summed E-state index contributed by atoms with van der Waals surface area (Å²) in [4.78, 5) is 26.6. The molecular weight excluding hydrogens is 1040 g/mol. The van der Waals surface area contributed by atoms with Gasteiger partial charge in [0.2, 0.25) is 5.91 Å². The van der Waals surface area contributed by atoms with Crippen LogP contribution in [0.1, 0.15) is 245 Å². The number of nitrogens with one attached hydrogen (secondary N) is 1. The molecule has 6 N–H and O–H groups in total. The Balaban J connectivity index is 2.70. The van der Waals surface area contributed by atoms with Crippen molar-refractivity contribution in [3.8, 4) is 0 Å². The molecule has 472 valence electrons. The van der Waals surface area contributed by atoms with Crippen molar-refractivity contribution in [3.05, 3.63) is 134 Å². The molecule has 0 radical (unpaired) electrons. The highest BCUT2D eigenvalue weighted by Crippen LogP contribution is 2.26. The number of aliphatic hydroxyl groups is 5. The summed E-state index contributed by atoms with van der Waals surface area (Å²) in [5, 5.41) is 57.1. The summed E-state index contributed by atoms with van der Waals surface area (Å²) in [6.07, 6.45) is 71.9. The summed E-state index contributed by atoms with van der Waals surface area (Å²) in [5.74, 6) is -1.24. The van der Waals surface area contributed by atoms with Crippen LogP contribution in [0.5, 0.6) is 0 Å². The van der Waals surface area contributed by atoms with E-state index in [1.807, 2.05) is 6.08 Å². The van der Waals surface area contributed by atoms with E-state index in [9.17, 15) is 35.1 Å². The van der Waals surface area contributed by atoms with Crippen LogP contribution in [0.3, 0.4) is 0 Å². The summed E-state index contributed by atoms with van der Waals surface area (Å²) in [5.41, 5.74) is 0. The molecule has 8 unspecified atom stereocenters. The Morgan fingerprint density at radius 1 is 0.482 bits per heavy atom. The van der Waals surface area contributed by atoms with Crippen LogP contribution in [-0.2, 0) is 23.8 Å². The van der Waals surface area contributed by atoms with Crippen molar-refractivity contribution in [2.45, 2.75) is 294 Å².